The third-order valence-corrected chi connectivity index (χ3v) is 4.00. The number of rotatable bonds is 7. The smallest absolute Gasteiger partial charge is 0.326 e. The highest BCUT2D eigenvalue weighted by Crippen LogP contribution is 2.37. The molecule has 0 bridgehead atoms. The van der Waals surface area contributed by atoms with E-state index in [1.54, 1.807) is 0 Å². The van der Waals surface area contributed by atoms with E-state index in [0.717, 1.165) is 16.8 Å². The van der Waals surface area contributed by atoms with Crippen molar-refractivity contribution in [2.45, 2.75) is 37.8 Å². The normalized spacial score (nSPS) is 15.1. The maximum absolute atomic E-state index is 13.3. The lowest BCUT2D eigenvalue weighted by atomic mass is 10.1. The highest BCUT2D eigenvalue weighted by molar-refractivity contribution is 5.96. The van der Waals surface area contributed by atoms with Gasteiger partial charge >= 0.3 is 5.97 Å². The number of aliphatic carboxylic acids is 1. The molecule has 0 spiro atoms. The second kappa shape index (κ2) is 7.14. The van der Waals surface area contributed by atoms with Crippen LogP contribution in [-0.4, -0.2) is 38.0 Å². The highest BCUT2D eigenvalue weighted by Gasteiger charge is 2.35. The Labute approximate surface area is 145 Å². The van der Waals surface area contributed by atoms with E-state index >= 15 is 0 Å². The number of hydrogen-bond donors (Lipinski definition) is 2. The Morgan fingerprint density at radius 3 is 2.46 bits per heavy atom. The van der Waals surface area contributed by atoms with E-state index < -0.39 is 41.5 Å². The standard InChI is InChI=1S/C16H15F3N4O3/c17-9-3-1-8(2-4-9)7-11(16(25)26)20-15(24)12-13(14(18)19)23(22-21-12)10-5-6-10/h1-4,10-11,14H,5-7H2,(H,20,24)(H,25,26). The fraction of sp³-hybridized carbons (Fsp3) is 0.375. The fourth-order valence-electron chi connectivity index (χ4n) is 2.54. The minimum atomic E-state index is -2.97. The highest BCUT2D eigenvalue weighted by atomic mass is 19.3. The lowest BCUT2D eigenvalue weighted by Crippen LogP contribution is -2.42. The number of amides is 1. The number of carboxylic acids is 1. The van der Waals surface area contributed by atoms with Crippen molar-refractivity contribution in [3.05, 3.63) is 47.0 Å². The average molecular weight is 368 g/mol. The molecule has 0 saturated heterocycles. The van der Waals surface area contributed by atoms with Gasteiger partial charge in [-0.15, -0.1) is 5.10 Å². The zero-order chi connectivity index (χ0) is 18.8. The van der Waals surface area contributed by atoms with Crippen LogP contribution in [0.1, 0.15) is 47.1 Å². The van der Waals surface area contributed by atoms with Gasteiger partial charge in [0.2, 0.25) is 0 Å². The number of carboxylic acid groups (broad SMARTS) is 1. The Balaban J connectivity index is 1.78. The molecule has 1 aliphatic carbocycles. The summed E-state index contributed by atoms with van der Waals surface area (Å²) in [5.41, 5.74) is -0.733. The van der Waals surface area contributed by atoms with Crippen LogP contribution in [0.25, 0.3) is 0 Å². The van der Waals surface area contributed by atoms with Crippen molar-refractivity contribution in [3.63, 3.8) is 0 Å². The summed E-state index contributed by atoms with van der Waals surface area (Å²) in [7, 11) is 0. The molecule has 1 amide bonds. The number of halogens is 3. The van der Waals surface area contributed by atoms with Crippen LogP contribution < -0.4 is 5.32 Å². The van der Waals surface area contributed by atoms with Crippen LogP contribution in [-0.2, 0) is 11.2 Å². The lowest BCUT2D eigenvalue weighted by molar-refractivity contribution is -0.139. The molecule has 1 heterocycles. The maximum atomic E-state index is 13.3. The van der Waals surface area contributed by atoms with Gasteiger partial charge in [0, 0.05) is 6.42 Å². The molecule has 0 aliphatic heterocycles. The first-order chi connectivity index (χ1) is 12.4. The third-order valence-electron chi connectivity index (χ3n) is 4.00. The number of alkyl halides is 2. The predicted octanol–water partition coefficient (Wildman–Crippen LogP) is 2.12. The van der Waals surface area contributed by atoms with Crippen LogP contribution in [0.4, 0.5) is 13.2 Å². The van der Waals surface area contributed by atoms with Crippen molar-refractivity contribution in [1.82, 2.24) is 20.3 Å². The van der Waals surface area contributed by atoms with Gasteiger partial charge in [-0.25, -0.2) is 22.6 Å². The summed E-state index contributed by atoms with van der Waals surface area (Å²) in [5, 5.41) is 18.6. The van der Waals surface area contributed by atoms with Gasteiger partial charge < -0.3 is 10.4 Å². The van der Waals surface area contributed by atoms with Gasteiger partial charge in [-0.3, -0.25) is 4.79 Å². The Morgan fingerprint density at radius 1 is 1.27 bits per heavy atom. The van der Waals surface area contributed by atoms with E-state index in [-0.39, 0.29) is 12.5 Å². The third kappa shape index (κ3) is 3.84. The maximum Gasteiger partial charge on any atom is 0.326 e. The average Bonchev–Trinajstić information content (AvgIpc) is 3.33. The molecule has 1 saturated carbocycles. The van der Waals surface area contributed by atoms with Crippen molar-refractivity contribution in [3.8, 4) is 0 Å². The molecule has 26 heavy (non-hydrogen) atoms. The molecule has 7 nitrogen and oxygen atoms in total. The Hall–Kier alpha value is -2.91. The summed E-state index contributed by atoms with van der Waals surface area (Å²) < 4.78 is 40.6. The second-order valence-corrected chi connectivity index (χ2v) is 5.99. The van der Waals surface area contributed by atoms with Crippen LogP contribution in [0.5, 0.6) is 0 Å². The molecule has 10 heteroatoms. The van der Waals surface area contributed by atoms with Gasteiger partial charge in [-0.1, -0.05) is 17.3 Å². The Kier molecular flexibility index (Phi) is 4.92. The molecule has 3 rings (SSSR count). The number of carbonyl (C=O) groups is 2. The van der Waals surface area contributed by atoms with Gasteiger partial charge in [-0.2, -0.15) is 0 Å². The second-order valence-electron chi connectivity index (χ2n) is 5.99. The van der Waals surface area contributed by atoms with E-state index in [2.05, 4.69) is 15.6 Å². The molecule has 2 N–H and O–H groups in total. The topological polar surface area (TPSA) is 97.1 Å². The monoisotopic (exact) mass is 368 g/mol. The summed E-state index contributed by atoms with van der Waals surface area (Å²) in [5.74, 6) is -2.87. The Morgan fingerprint density at radius 2 is 1.92 bits per heavy atom. The van der Waals surface area contributed by atoms with Crippen molar-refractivity contribution in [1.29, 1.82) is 0 Å². The number of benzene rings is 1. The lowest BCUT2D eigenvalue weighted by Gasteiger charge is -2.14. The predicted molar refractivity (Wildman–Crippen MR) is 82.2 cm³/mol. The largest absolute Gasteiger partial charge is 0.480 e. The summed E-state index contributed by atoms with van der Waals surface area (Å²) in [6.45, 7) is 0. The van der Waals surface area contributed by atoms with E-state index in [0.29, 0.717) is 18.4 Å². The molecule has 2 aromatic rings. The van der Waals surface area contributed by atoms with Crippen molar-refractivity contribution in [2.24, 2.45) is 0 Å². The molecule has 1 unspecified atom stereocenters. The van der Waals surface area contributed by atoms with Crippen LogP contribution in [0.15, 0.2) is 24.3 Å². The van der Waals surface area contributed by atoms with Gasteiger partial charge in [0.15, 0.2) is 5.69 Å². The molecule has 1 aliphatic rings. The summed E-state index contributed by atoms with van der Waals surface area (Å²) in [6, 6.07) is 3.49. The van der Waals surface area contributed by atoms with Crippen LogP contribution >= 0.6 is 0 Å². The first kappa shape index (κ1) is 17.9. The quantitative estimate of drug-likeness (QED) is 0.780. The molecule has 1 atom stereocenters. The summed E-state index contributed by atoms with van der Waals surface area (Å²) >= 11 is 0. The molecular formula is C16H15F3N4O3. The Bertz CT molecular complexity index is 819. The first-order valence-electron chi connectivity index (χ1n) is 7.88. The molecule has 0 radical (unpaired) electrons. The number of nitrogens with zero attached hydrogens (tertiary/aromatic N) is 3. The van der Waals surface area contributed by atoms with Gasteiger partial charge in [0.1, 0.15) is 17.6 Å². The number of nitrogens with one attached hydrogen (secondary N) is 1. The SMILES string of the molecule is O=C(NC(Cc1ccc(F)cc1)C(=O)O)c1nnn(C2CC2)c1C(F)F. The zero-order valence-corrected chi connectivity index (χ0v) is 13.4. The first-order valence-corrected chi connectivity index (χ1v) is 7.88. The fourth-order valence-corrected chi connectivity index (χ4v) is 2.54. The number of carbonyl (C=O) groups excluding carboxylic acids is 1. The van der Waals surface area contributed by atoms with E-state index in [9.17, 15) is 27.9 Å². The van der Waals surface area contributed by atoms with Gasteiger partial charge in [-0.05, 0) is 30.5 Å². The molecule has 1 aromatic heterocycles. The van der Waals surface area contributed by atoms with Crippen LogP contribution in [0.3, 0.4) is 0 Å². The molecular weight excluding hydrogens is 353 g/mol. The van der Waals surface area contributed by atoms with E-state index in [1.807, 2.05) is 0 Å². The van der Waals surface area contributed by atoms with E-state index in [4.69, 9.17) is 0 Å². The molecule has 1 aromatic carbocycles. The van der Waals surface area contributed by atoms with Gasteiger partial charge in [0.05, 0.1) is 6.04 Å². The van der Waals surface area contributed by atoms with E-state index in [1.165, 1.54) is 12.1 Å². The van der Waals surface area contributed by atoms with Crippen LogP contribution in [0.2, 0.25) is 0 Å². The molecule has 138 valence electrons. The minimum absolute atomic E-state index is 0.137. The van der Waals surface area contributed by atoms with Crippen molar-refractivity contribution < 1.29 is 27.9 Å². The van der Waals surface area contributed by atoms with Gasteiger partial charge in [0.25, 0.3) is 12.3 Å². The van der Waals surface area contributed by atoms with Crippen LogP contribution in [0, 0.1) is 5.82 Å². The number of aromatic nitrogens is 3. The summed E-state index contributed by atoms with van der Waals surface area (Å²) in [6.07, 6.45) is -1.76. The number of hydrogen-bond acceptors (Lipinski definition) is 4. The van der Waals surface area contributed by atoms with Crippen molar-refractivity contribution in [2.75, 3.05) is 0 Å². The molecule has 1 fully saturated rings. The summed E-state index contributed by atoms with van der Waals surface area (Å²) in [4.78, 5) is 23.7. The zero-order valence-electron chi connectivity index (χ0n) is 13.4. The minimum Gasteiger partial charge on any atom is -0.480 e. The van der Waals surface area contributed by atoms with Crippen molar-refractivity contribution >= 4 is 11.9 Å².